The summed E-state index contributed by atoms with van der Waals surface area (Å²) < 4.78 is 0.822. The highest BCUT2D eigenvalue weighted by molar-refractivity contribution is 6.32. The summed E-state index contributed by atoms with van der Waals surface area (Å²) in [6, 6.07) is 0. The van der Waals surface area contributed by atoms with Crippen LogP contribution in [-0.2, 0) is 0 Å². The zero-order valence-corrected chi connectivity index (χ0v) is 11.8. The maximum atomic E-state index is 12.2. The molecule has 1 rings (SSSR count). The van der Waals surface area contributed by atoms with Crippen LogP contribution in [0.3, 0.4) is 0 Å². The molecule has 0 radical (unpaired) electrons. The summed E-state index contributed by atoms with van der Waals surface area (Å²) in [6.07, 6.45) is 1.57. The molecule has 0 aliphatic carbocycles. The Kier molecular flexibility index (Phi) is 3.14. The first kappa shape index (κ1) is 14.1. The average Bonchev–Trinajstić information content (AvgIpc) is 2.23. The fraction of sp³-hybridized carbons (Fsp3) is 0.833. The van der Waals surface area contributed by atoms with Crippen molar-refractivity contribution in [2.75, 3.05) is 0 Å². The Hall–Kier alpha value is -0.940. The molecule has 17 heavy (non-hydrogen) atoms. The third kappa shape index (κ3) is 2.35. The molecular formula is C12H23N3O2. The standard InChI is InChI=1S/C12H23N3O2/c1-10(2,3)13-8-9-11(4,5)15(17)12(6,7)14(9)16/h8,17H,1-7H3. The molecule has 0 aromatic carbocycles. The molecule has 0 unspecified atom stereocenters. The molecule has 0 aromatic rings. The molecule has 1 heterocycles. The topological polar surface area (TPSA) is 61.9 Å². The number of aliphatic imine (C=N–C) groups is 1. The van der Waals surface area contributed by atoms with Gasteiger partial charge in [-0.25, -0.2) is 0 Å². The Bertz CT molecular complexity index is 376. The van der Waals surface area contributed by atoms with Crippen LogP contribution in [0.2, 0.25) is 0 Å². The molecule has 1 aliphatic rings. The molecule has 0 aromatic heterocycles. The van der Waals surface area contributed by atoms with E-state index in [4.69, 9.17) is 0 Å². The highest BCUT2D eigenvalue weighted by Gasteiger charge is 2.56. The molecule has 0 saturated carbocycles. The largest absolute Gasteiger partial charge is 0.622 e. The molecule has 0 fully saturated rings. The van der Waals surface area contributed by atoms with Crippen LogP contribution in [0.4, 0.5) is 0 Å². The van der Waals surface area contributed by atoms with E-state index < -0.39 is 11.2 Å². The van der Waals surface area contributed by atoms with Crippen molar-refractivity contribution in [3.63, 3.8) is 0 Å². The molecule has 0 bridgehead atoms. The van der Waals surface area contributed by atoms with Crippen LogP contribution < -0.4 is 0 Å². The number of nitrogens with zero attached hydrogens (tertiary/aromatic N) is 3. The summed E-state index contributed by atoms with van der Waals surface area (Å²) in [5.41, 5.74) is -1.47. The maximum absolute atomic E-state index is 12.2. The van der Waals surface area contributed by atoms with Crippen molar-refractivity contribution in [1.82, 2.24) is 5.06 Å². The first-order valence-electron chi connectivity index (χ1n) is 5.80. The van der Waals surface area contributed by atoms with Crippen LogP contribution >= 0.6 is 0 Å². The summed E-state index contributed by atoms with van der Waals surface area (Å²) >= 11 is 0. The maximum Gasteiger partial charge on any atom is 0.245 e. The second-order valence-corrected chi connectivity index (χ2v) is 6.47. The fourth-order valence-electron chi connectivity index (χ4n) is 1.89. The molecular weight excluding hydrogens is 218 g/mol. The van der Waals surface area contributed by atoms with Crippen LogP contribution in [-0.4, -0.2) is 43.7 Å². The van der Waals surface area contributed by atoms with E-state index in [0.29, 0.717) is 5.71 Å². The summed E-state index contributed by atoms with van der Waals surface area (Å²) in [5, 5.41) is 23.3. The van der Waals surface area contributed by atoms with E-state index in [0.717, 1.165) is 9.80 Å². The predicted octanol–water partition coefficient (Wildman–Crippen LogP) is 2.03. The Balaban J connectivity index is 3.22. The molecule has 98 valence electrons. The second kappa shape index (κ2) is 3.78. The number of hydrogen-bond acceptors (Lipinski definition) is 4. The van der Waals surface area contributed by atoms with Crippen molar-refractivity contribution in [3.8, 4) is 0 Å². The predicted molar refractivity (Wildman–Crippen MR) is 68.7 cm³/mol. The SMILES string of the molecule is CC(C)(C)N=CC1=[N+]([O-])C(C)(C)N(O)C1(C)C. The zero-order chi connectivity index (χ0) is 13.6. The van der Waals surface area contributed by atoms with Crippen molar-refractivity contribution >= 4 is 11.9 Å². The number of hydrogen-bond donors (Lipinski definition) is 1. The van der Waals surface area contributed by atoms with E-state index >= 15 is 0 Å². The third-order valence-electron chi connectivity index (χ3n) is 2.96. The van der Waals surface area contributed by atoms with Gasteiger partial charge in [0.1, 0.15) is 5.54 Å². The van der Waals surface area contributed by atoms with E-state index in [1.165, 1.54) is 0 Å². The Labute approximate surface area is 103 Å². The van der Waals surface area contributed by atoms with Crippen LogP contribution in [0.5, 0.6) is 0 Å². The van der Waals surface area contributed by atoms with E-state index in [9.17, 15) is 10.4 Å². The first-order valence-corrected chi connectivity index (χ1v) is 5.80. The van der Waals surface area contributed by atoms with Gasteiger partial charge in [0, 0.05) is 13.8 Å². The molecule has 1 N–H and O–H groups in total. The first-order chi connectivity index (χ1) is 7.40. The van der Waals surface area contributed by atoms with Gasteiger partial charge in [-0.15, -0.1) is 5.06 Å². The molecule has 1 aliphatic heterocycles. The normalized spacial score (nSPS) is 24.9. The lowest BCUT2D eigenvalue weighted by atomic mass is 9.99. The van der Waals surface area contributed by atoms with Gasteiger partial charge in [0.15, 0.2) is 0 Å². The lowest BCUT2D eigenvalue weighted by molar-refractivity contribution is -0.579. The summed E-state index contributed by atoms with van der Waals surface area (Å²) in [5.74, 6) is 0. The third-order valence-corrected chi connectivity index (χ3v) is 2.96. The van der Waals surface area contributed by atoms with Crippen molar-refractivity contribution in [3.05, 3.63) is 5.21 Å². The fourth-order valence-corrected chi connectivity index (χ4v) is 1.89. The van der Waals surface area contributed by atoms with Crippen molar-refractivity contribution < 1.29 is 9.95 Å². The van der Waals surface area contributed by atoms with E-state index in [1.807, 2.05) is 20.8 Å². The molecule has 5 heteroatoms. The van der Waals surface area contributed by atoms with Crippen molar-refractivity contribution in [2.24, 2.45) is 4.99 Å². The van der Waals surface area contributed by atoms with Gasteiger partial charge in [0.2, 0.25) is 11.4 Å². The van der Waals surface area contributed by atoms with Gasteiger partial charge in [-0.3, -0.25) is 4.99 Å². The molecule has 0 saturated heterocycles. The van der Waals surface area contributed by atoms with Crippen molar-refractivity contribution in [1.29, 1.82) is 0 Å². The monoisotopic (exact) mass is 241 g/mol. The van der Waals surface area contributed by atoms with Gasteiger partial charge in [-0.05, 0) is 34.6 Å². The quantitative estimate of drug-likeness (QED) is 0.434. The Morgan fingerprint density at radius 1 is 1.29 bits per heavy atom. The van der Waals surface area contributed by atoms with Crippen molar-refractivity contribution in [2.45, 2.75) is 65.2 Å². The van der Waals surface area contributed by atoms with Crippen LogP contribution in [0.15, 0.2) is 4.99 Å². The van der Waals surface area contributed by atoms with Gasteiger partial charge in [-0.1, -0.05) is 0 Å². The lowest BCUT2D eigenvalue weighted by Gasteiger charge is -2.29. The molecule has 0 amide bonds. The Morgan fingerprint density at radius 3 is 2.06 bits per heavy atom. The van der Waals surface area contributed by atoms with Gasteiger partial charge in [0.05, 0.1) is 11.8 Å². The molecule has 0 spiro atoms. The summed E-state index contributed by atoms with van der Waals surface area (Å²) in [7, 11) is 0. The number of rotatable bonds is 1. The van der Waals surface area contributed by atoms with E-state index in [1.54, 1.807) is 33.9 Å². The molecule has 5 nitrogen and oxygen atoms in total. The van der Waals surface area contributed by atoms with Gasteiger partial charge in [0.25, 0.3) is 0 Å². The minimum absolute atomic E-state index is 0.239. The van der Waals surface area contributed by atoms with Gasteiger partial charge < -0.3 is 10.4 Å². The highest BCUT2D eigenvalue weighted by atomic mass is 16.6. The second-order valence-electron chi connectivity index (χ2n) is 6.47. The smallest absolute Gasteiger partial charge is 0.245 e. The number of hydroxylamine groups is 3. The van der Waals surface area contributed by atoms with Gasteiger partial charge in [-0.2, -0.15) is 4.74 Å². The van der Waals surface area contributed by atoms with Crippen LogP contribution in [0.25, 0.3) is 0 Å². The van der Waals surface area contributed by atoms with E-state index in [-0.39, 0.29) is 5.54 Å². The summed E-state index contributed by atoms with van der Waals surface area (Å²) in [4.78, 5) is 4.34. The minimum atomic E-state index is -0.970. The minimum Gasteiger partial charge on any atom is -0.622 e. The van der Waals surface area contributed by atoms with Crippen LogP contribution in [0.1, 0.15) is 48.5 Å². The van der Waals surface area contributed by atoms with E-state index in [2.05, 4.69) is 4.99 Å². The average molecular weight is 241 g/mol. The molecule has 0 atom stereocenters. The van der Waals surface area contributed by atoms with Gasteiger partial charge >= 0.3 is 0 Å². The zero-order valence-electron chi connectivity index (χ0n) is 11.8. The van der Waals surface area contributed by atoms with Crippen LogP contribution in [0, 0.1) is 5.21 Å². The Morgan fingerprint density at radius 2 is 1.76 bits per heavy atom. The highest BCUT2D eigenvalue weighted by Crippen LogP contribution is 2.31. The summed E-state index contributed by atoms with van der Waals surface area (Å²) in [6.45, 7) is 12.8. The lowest BCUT2D eigenvalue weighted by Crippen LogP contribution is -2.51.